The Bertz CT molecular complexity index is 678. The van der Waals surface area contributed by atoms with Crippen molar-refractivity contribution in [2.45, 2.75) is 26.3 Å². The van der Waals surface area contributed by atoms with E-state index in [-0.39, 0.29) is 12.5 Å². The van der Waals surface area contributed by atoms with Gasteiger partial charge in [-0.1, -0.05) is 20.3 Å². The molecule has 0 spiro atoms. The molecule has 3 amide bonds. The number of carboxylic acids is 1. The van der Waals surface area contributed by atoms with Crippen LogP contribution in [0.5, 0.6) is 11.5 Å². The number of carbonyl (C=O) groups excluding carboxylic acids is 2. The zero-order chi connectivity index (χ0) is 19.1. The predicted octanol–water partition coefficient (Wildman–Crippen LogP) is 1.19. The number of hydrogen-bond donors (Lipinski definition) is 4. The molecule has 1 aromatic carbocycles. The van der Waals surface area contributed by atoms with Crippen LogP contribution in [0, 0.1) is 5.92 Å². The molecule has 0 bridgehead atoms. The highest BCUT2D eigenvalue weighted by molar-refractivity contribution is 6.02. The minimum Gasteiger partial charge on any atom is -0.486 e. The maximum absolute atomic E-state index is 11.9. The molecule has 1 heterocycles. The monoisotopic (exact) mass is 365 g/mol. The summed E-state index contributed by atoms with van der Waals surface area (Å²) in [5.74, 6) is -0.707. The Morgan fingerprint density at radius 3 is 2.54 bits per heavy atom. The number of nitrogens with one attached hydrogen (secondary N) is 3. The summed E-state index contributed by atoms with van der Waals surface area (Å²) in [6.45, 7) is 4.25. The topological polar surface area (TPSA) is 126 Å². The summed E-state index contributed by atoms with van der Waals surface area (Å²) in [5, 5.41) is 16.5. The number of benzene rings is 1. The number of carboxylic acid groups (broad SMARTS) is 1. The van der Waals surface area contributed by atoms with E-state index in [1.807, 2.05) is 6.92 Å². The van der Waals surface area contributed by atoms with Crippen LogP contribution in [-0.2, 0) is 9.59 Å². The lowest BCUT2D eigenvalue weighted by atomic mass is 9.99. The number of imide groups is 1. The summed E-state index contributed by atoms with van der Waals surface area (Å²) in [5.41, 5.74) is 0.440. The summed E-state index contributed by atoms with van der Waals surface area (Å²) >= 11 is 0. The van der Waals surface area contributed by atoms with Crippen molar-refractivity contribution in [1.29, 1.82) is 0 Å². The number of aliphatic carboxylic acids is 1. The fourth-order valence-corrected chi connectivity index (χ4v) is 2.42. The lowest BCUT2D eigenvalue weighted by molar-refractivity contribution is -0.140. The molecule has 1 aliphatic rings. The SMILES string of the molecule is CC[C@H](C)[C@H](NCC(=O)NC(=O)Nc1ccc2c(c1)OCCO2)C(=O)O. The van der Waals surface area contributed by atoms with E-state index in [0.29, 0.717) is 36.8 Å². The number of urea groups is 1. The zero-order valence-corrected chi connectivity index (χ0v) is 14.7. The van der Waals surface area contributed by atoms with Crippen molar-refractivity contribution >= 4 is 23.6 Å². The number of anilines is 1. The van der Waals surface area contributed by atoms with E-state index in [1.165, 1.54) is 0 Å². The van der Waals surface area contributed by atoms with E-state index >= 15 is 0 Å². The van der Waals surface area contributed by atoms with Crippen molar-refractivity contribution in [2.75, 3.05) is 25.1 Å². The maximum Gasteiger partial charge on any atom is 0.325 e. The molecule has 9 heteroatoms. The van der Waals surface area contributed by atoms with Gasteiger partial charge in [0.25, 0.3) is 0 Å². The predicted molar refractivity (Wildman–Crippen MR) is 93.5 cm³/mol. The van der Waals surface area contributed by atoms with Gasteiger partial charge in [0.1, 0.15) is 19.3 Å². The van der Waals surface area contributed by atoms with Crippen LogP contribution in [0.25, 0.3) is 0 Å². The van der Waals surface area contributed by atoms with Gasteiger partial charge in [-0.2, -0.15) is 0 Å². The minimum atomic E-state index is -1.03. The number of rotatable bonds is 7. The molecule has 0 radical (unpaired) electrons. The first-order valence-corrected chi connectivity index (χ1v) is 8.37. The fourth-order valence-electron chi connectivity index (χ4n) is 2.42. The first-order chi connectivity index (χ1) is 12.4. The highest BCUT2D eigenvalue weighted by Gasteiger charge is 2.24. The number of fused-ring (bicyclic) bond motifs is 1. The molecular weight excluding hydrogens is 342 g/mol. The highest BCUT2D eigenvalue weighted by Crippen LogP contribution is 2.32. The van der Waals surface area contributed by atoms with Crippen LogP contribution >= 0.6 is 0 Å². The van der Waals surface area contributed by atoms with Crippen LogP contribution in [0.4, 0.5) is 10.5 Å². The average molecular weight is 365 g/mol. The molecular formula is C17H23N3O6. The molecule has 0 aliphatic carbocycles. The summed E-state index contributed by atoms with van der Waals surface area (Å²) < 4.78 is 10.8. The molecule has 142 valence electrons. The second-order valence-corrected chi connectivity index (χ2v) is 5.94. The van der Waals surface area contributed by atoms with Crippen LogP contribution in [0.1, 0.15) is 20.3 Å². The van der Waals surface area contributed by atoms with E-state index in [2.05, 4.69) is 16.0 Å². The largest absolute Gasteiger partial charge is 0.486 e. The Balaban J connectivity index is 1.83. The minimum absolute atomic E-state index is 0.146. The molecule has 0 unspecified atom stereocenters. The van der Waals surface area contributed by atoms with Gasteiger partial charge in [0.15, 0.2) is 11.5 Å². The molecule has 0 aromatic heterocycles. The van der Waals surface area contributed by atoms with E-state index in [1.54, 1.807) is 25.1 Å². The summed E-state index contributed by atoms with van der Waals surface area (Å²) in [4.78, 5) is 34.9. The molecule has 0 saturated carbocycles. The van der Waals surface area contributed by atoms with E-state index in [4.69, 9.17) is 14.6 Å². The smallest absolute Gasteiger partial charge is 0.325 e. The van der Waals surface area contributed by atoms with Crippen LogP contribution in [0.3, 0.4) is 0 Å². The number of amides is 3. The third-order valence-electron chi connectivity index (χ3n) is 4.01. The Morgan fingerprint density at radius 2 is 1.88 bits per heavy atom. The van der Waals surface area contributed by atoms with Crippen LogP contribution in [0.15, 0.2) is 18.2 Å². The van der Waals surface area contributed by atoms with Crippen molar-refractivity contribution in [3.63, 3.8) is 0 Å². The first-order valence-electron chi connectivity index (χ1n) is 8.37. The second-order valence-electron chi connectivity index (χ2n) is 5.94. The van der Waals surface area contributed by atoms with E-state index in [9.17, 15) is 14.4 Å². The molecule has 9 nitrogen and oxygen atoms in total. The standard InChI is InChI=1S/C17H23N3O6/c1-3-10(2)15(16(22)23)18-9-14(21)20-17(24)19-11-4-5-12-13(8-11)26-7-6-25-12/h4-5,8,10,15,18H,3,6-7,9H2,1-2H3,(H,22,23)(H2,19,20,21,24)/t10-,15-/m0/s1. The molecule has 2 atom stereocenters. The Morgan fingerprint density at radius 1 is 1.19 bits per heavy atom. The lowest BCUT2D eigenvalue weighted by Crippen LogP contribution is -2.47. The third kappa shape index (κ3) is 5.35. The Labute approximate surface area is 151 Å². The number of hydrogen-bond acceptors (Lipinski definition) is 6. The van der Waals surface area contributed by atoms with Crippen molar-refractivity contribution < 1.29 is 29.0 Å². The van der Waals surface area contributed by atoms with Gasteiger partial charge in [0.05, 0.1) is 6.54 Å². The van der Waals surface area contributed by atoms with Gasteiger partial charge in [-0.25, -0.2) is 4.79 Å². The van der Waals surface area contributed by atoms with Gasteiger partial charge in [-0.3, -0.25) is 20.2 Å². The zero-order valence-electron chi connectivity index (χ0n) is 14.7. The maximum atomic E-state index is 11.9. The molecule has 2 rings (SSSR count). The molecule has 0 fully saturated rings. The van der Waals surface area contributed by atoms with Gasteiger partial charge in [0, 0.05) is 11.8 Å². The highest BCUT2D eigenvalue weighted by atomic mass is 16.6. The summed E-state index contributed by atoms with van der Waals surface area (Å²) in [7, 11) is 0. The second kappa shape index (κ2) is 9.04. The quantitative estimate of drug-likeness (QED) is 0.572. The van der Waals surface area contributed by atoms with Gasteiger partial charge >= 0.3 is 12.0 Å². The van der Waals surface area contributed by atoms with Crippen molar-refractivity contribution in [1.82, 2.24) is 10.6 Å². The van der Waals surface area contributed by atoms with Crippen molar-refractivity contribution in [2.24, 2.45) is 5.92 Å². The molecule has 1 aliphatic heterocycles. The normalized spacial score (nSPS) is 14.8. The van der Waals surface area contributed by atoms with Crippen LogP contribution < -0.4 is 25.4 Å². The van der Waals surface area contributed by atoms with Gasteiger partial charge in [-0.05, 0) is 18.1 Å². The Hall–Kier alpha value is -2.81. The lowest BCUT2D eigenvalue weighted by Gasteiger charge is -2.20. The number of ether oxygens (including phenoxy) is 2. The van der Waals surface area contributed by atoms with E-state index < -0.39 is 23.9 Å². The third-order valence-corrected chi connectivity index (χ3v) is 4.01. The number of carbonyl (C=O) groups is 3. The van der Waals surface area contributed by atoms with Crippen molar-refractivity contribution in [3.8, 4) is 11.5 Å². The van der Waals surface area contributed by atoms with Crippen LogP contribution in [-0.4, -0.2) is 48.8 Å². The molecule has 26 heavy (non-hydrogen) atoms. The Kier molecular flexibility index (Phi) is 6.79. The van der Waals surface area contributed by atoms with E-state index in [0.717, 1.165) is 0 Å². The summed E-state index contributed by atoms with van der Waals surface area (Å²) in [6.07, 6.45) is 0.649. The molecule has 0 saturated heterocycles. The molecule has 4 N–H and O–H groups in total. The fraction of sp³-hybridized carbons (Fsp3) is 0.471. The van der Waals surface area contributed by atoms with Crippen molar-refractivity contribution in [3.05, 3.63) is 18.2 Å². The van der Waals surface area contributed by atoms with Gasteiger partial charge in [0.2, 0.25) is 5.91 Å². The van der Waals surface area contributed by atoms with Crippen LogP contribution in [0.2, 0.25) is 0 Å². The molecule has 1 aromatic rings. The summed E-state index contributed by atoms with van der Waals surface area (Å²) in [6, 6.07) is 3.31. The van der Waals surface area contributed by atoms with Gasteiger partial charge in [-0.15, -0.1) is 0 Å². The van der Waals surface area contributed by atoms with Gasteiger partial charge < -0.3 is 19.9 Å². The average Bonchev–Trinajstić information content (AvgIpc) is 2.61. The first kappa shape index (κ1) is 19.5.